The van der Waals surface area contributed by atoms with Gasteiger partial charge in [-0.3, -0.25) is 0 Å². The Kier molecular flexibility index (Phi) is 8.02. The zero-order valence-electron chi connectivity index (χ0n) is 24.4. The Hall–Kier alpha value is -1.45. The number of hydrogen-bond donors (Lipinski definition) is 0. The summed E-state index contributed by atoms with van der Waals surface area (Å²) in [6.45, 7) is 12.4. The first-order valence-corrected chi connectivity index (χ1v) is 15.7. The Morgan fingerprint density at radius 2 is 1.58 bits per heavy atom. The van der Waals surface area contributed by atoms with Gasteiger partial charge in [0.2, 0.25) is 0 Å². The Labute approximate surface area is 229 Å². The SMILES string of the molecule is CC(C)CCC[C@@H](C)[C@H]1CC[C@H]2[C@@H]3CCC4C[C@@H](OC(=O)c5cc(F)cc(F)c5)CC[C@]4(C)[C@H]3CC[C@]12C. The second-order valence-corrected chi connectivity index (χ2v) is 14.6. The fraction of sp³-hybridized carbons (Fsp3) is 0.794. The van der Waals surface area contributed by atoms with E-state index in [1.54, 1.807) is 0 Å². The van der Waals surface area contributed by atoms with E-state index in [-0.39, 0.29) is 11.7 Å². The number of fused-ring (bicyclic) bond motifs is 5. The van der Waals surface area contributed by atoms with Crippen molar-refractivity contribution in [1.29, 1.82) is 0 Å². The third-order valence-electron chi connectivity index (χ3n) is 12.2. The minimum atomic E-state index is -0.741. The van der Waals surface area contributed by atoms with Crippen LogP contribution >= 0.6 is 0 Å². The van der Waals surface area contributed by atoms with Crippen molar-refractivity contribution in [2.45, 2.75) is 118 Å². The highest BCUT2D eigenvalue weighted by atomic mass is 19.1. The number of esters is 1. The molecule has 4 aliphatic carbocycles. The molecule has 0 amide bonds. The van der Waals surface area contributed by atoms with Gasteiger partial charge in [-0.25, -0.2) is 13.6 Å². The minimum absolute atomic E-state index is 0.0275. The number of rotatable bonds is 7. The number of ether oxygens (including phenoxy) is 1. The lowest BCUT2D eigenvalue weighted by molar-refractivity contribution is -0.130. The van der Waals surface area contributed by atoms with Crippen molar-refractivity contribution in [3.63, 3.8) is 0 Å². The maximum Gasteiger partial charge on any atom is 0.338 e. The monoisotopic (exact) mass is 528 g/mol. The summed E-state index contributed by atoms with van der Waals surface area (Å²) in [5.74, 6) is 3.51. The maximum absolute atomic E-state index is 13.6. The number of carbonyl (C=O) groups is 1. The molecule has 38 heavy (non-hydrogen) atoms. The predicted octanol–water partition coefficient (Wildman–Crippen LogP) is 9.61. The molecule has 0 saturated heterocycles. The van der Waals surface area contributed by atoms with E-state index in [1.807, 2.05) is 0 Å². The van der Waals surface area contributed by atoms with Crippen molar-refractivity contribution in [1.82, 2.24) is 0 Å². The molecule has 1 aromatic carbocycles. The van der Waals surface area contributed by atoms with Gasteiger partial charge < -0.3 is 4.74 Å². The fourth-order valence-electron chi connectivity index (χ4n) is 10.2. The molecule has 0 N–H and O–H groups in total. The van der Waals surface area contributed by atoms with Crippen LogP contribution < -0.4 is 0 Å². The van der Waals surface area contributed by atoms with Crippen LogP contribution in [0.2, 0.25) is 0 Å². The standard InChI is InChI=1S/C34H50F2O2/c1-21(2)7-6-8-22(3)29-11-12-30-28-10-9-24-19-27(38-32(37)23-17-25(35)20-26(36)18-23)13-15-33(24,4)31(28)14-16-34(29,30)5/h17-18,20-22,24,27-31H,6-16,19H2,1-5H3/t22-,24?,27+,28+,29-,30+,31+,33+,34-/m1/s1. The highest BCUT2D eigenvalue weighted by Crippen LogP contribution is 2.68. The van der Waals surface area contributed by atoms with E-state index in [9.17, 15) is 13.6 Å². The van der Waals surface area contributed by atoms with Crippen molar-refractivity contribution >= 4 is 5.97 Å². The van der Waals surface area contributed by atoms with Crippen LogP contribution in [0.5, 0.6) is 0 Å². The van der Waals surface area contributed by atoms with E-state index in [1.165, 1.54) is 57.8 Å². The average Bonchev–Trinajstić information content (AvgIpc) is 3.20. The summed E-state index contributed by atoms with van der Waals surface area (Å²) in [5, 5.41) is 0. The first-order valence-electron chi connectivity index (χ1n) is 15.7. The summed E-state index contributed by atoms with van der Waals surface area (Å²) in [4.78, 5) is 12.7. The summed E-state index contributed by atoms with van der Waals surface area (Å²) in [6.07, 6.45) is 14.9. The second kappa shape index (κ2) is 10.8. The number of halogens is 2. The normalized spacial score (nSPS) is 39.3. The van der Waals surface area contributed by atoms with Crippen molar-refractivity contribution < 1.29 is 18.3 Å². The van der Waals surface area contributed by atoms with Gasteiger partial charge in [0.15, 0.2) is 0 Å². The molecule has 1 unspecified atom stereocenters. The molecule has 1 aromatic rings. The summed E-state index contributed by atoms with van der Waals surface area (Å²) < 4.78 is 33.1. The lowest BCUT2D eigenvalue weighted by Crippen LogP contribution is -2.54. The van der Waals surface area contributed by atoms with E-state index in [4.69, 9.17) is 4.74 Å². The number of benzene rings is 1. The van der Waals surface area contributed by atoms with E-state index in [0.717, 1.165) is 73.0 Å². The van der Waals surface area contributed by atoms with E-state index in [0.29, 0.717) is 16.7 Å². The topological polar surface area (TPSA) is 26.3 Å². The van der Waals surface area contributed by atoms with E-state index in [2.05, 4.69) is 34.6 Å². The highest BCUT2D eigenvalue weighted by Gasteiger charge is 2.60. The molecule has 4 heteroatoms. The van der Waals surface area contributed by atoms with Crippen LogP contribution in [0.1, 0.15) is 122 Å². The fourth-order valence-corrected chi connectivity index (χ4v) is 10.2. The van der Waals surface area contributed by atoms with Crippen LogP contribution in [0.15, 0.2) is 18.2 Å². The van der Waals surface area contributed by atoms with Crippen LogP contribution in [0.25, 0.3) is 0 Å². The molecule has 4 fully saturated rings. The zero-order chi connectivity index (χ0) is 27.2. The first kappa shape index (κ1) is 28.1. The quantitative estimate of drug-likeness (QED) is 0.329. The van der Waals surface area contributed by atoms with E-state index < -0.39 is 17.6 Å². The first-order chi connectivity index (χ1) is 18.0. The molecule has 0 aromatic heterocycles. The van der Waals surface area contributed by atoms with Gasteiger partial charge in [-0.2, -0.15) is 0 Å². The van der Waals surface area contributed by atoms with Crippen molar-refractivity contribution in [2.24, 2.45) is 52.3 Å². The molecular formula is C34H50F2O2. The van der Waals surface area contributed by atoms with Crippen LogP contribution in [0, 0.1) is 63.9 Å². The lowest BCUT2D eigenvalue weighted by Gasteiger charge is -2.61. The van der Waals surface area contributed by atoms with Crippen molar-refractivity contribution in [2.75, 3.05) is 0 Å². The molecule has 212 valence electrons. The van der Waals surface area contributed by atoms with Crippen molar-refractivity contribution in [3.05, 3.63) is 35.4 Å². The minimum Gasteiger partial charge on any atom is -0.459 e. The highest BCUT2D eigenvalue weighted by molar-refractivity contribution is 5.89. The summed E-state index contributed by atoms with van der Waals surface area (Å²) >= 11 is 0. The molecule has 5 rings (SSSR count). The zero-order valence-corrected chi connectivity index (χ0v) is 24.4. The predicted molar refractivity (Wildman–Crippen MR) is 149 cm³/mol. The van der Waals surface area contributed by atoms with Gasteiger partial charge in [-0.1, -0.05) is 53.9 Å². The van der Waals surface area contributed by atoms with Gasteiger partial charge in [0.25, 0.3) is 0 Å². The largest absolute Gasteiger partial charge is 0.459 e. The van der Waals surface area contributed by atoms with Gasteiger partial charge in [-0.05, 0) is 122 Å². The summed E-state index contributed by atoms with van der Waals surface area (Å²) in [6, 6.07) is 2.93. The van der Waals surface area contributed by atoms with Crippen LogP contribution in [-0.4, -0.2) is 12.1 Å². The van der Waals surface area contributed by atoms with E-state index >= 15 is 0 Å². The molecule has 0 spiro atoms. The van der Waals surface area contributed by atoms with Crippen LogP contribution in [-0.2, 0) is 4.74 Å². The smallest absolute Gasteiger partial charge is 0.338 e. The molecule has 0 radical (unpaired) electrons. The average molecular weight is 529 g/mol. The van der Waals surface area contributed by atoms with Crippen LogP contribution in [0.3, 0.4) is 0 Å². The Morgan fingerprint density at radius 3 is 2.29 bits per heavy atom. The number of hydrogen-bond acceptors (Lipinski definition) is 2. The Bertz CT molecular complexity index is 986. The van der Waals surface area contributed by atoms with Gasteiger partial charge >= 0.3 is 5.97 Å². The summed E-state index contributed by atoms with van der Waals surface area (Å²) in [7, 11) is 0. The van der Waals surface area contributed by atoms with Gasteiger partial charge in [0.05, 0.1) is 5.56 Å². The Balaban J connectivity index is 1.22. The Morgan fingerprint density at radius 1 is 0.895 bits per heavy atom. The summed E-state index contributed by atoms with van der Waals surface area (Å²) in [5.41, 5.74) is 0.800. The number of carbonyl (C=O) groups excluding carboxylic acids is 1. The molecule has 4 saturated carbocycles. The lowest BCUT2D eigenvalue weighted by atomic mass is 9.44. The second-order valence-electron chi connectivity index (χ2n) is 14.6. The third-order valence-corrected chi connectivity index (χ3v) is 12.2. The van der Waals surface area contributed by atoms with Crippen LogP contribution in [0.4, 0.5) is 8.78 Å². The van der Waals surface area contributed by atoms with Gasteiger partial charge in [-0.15, -0.1) is 0 Å². The molecule has 9 atom stereocenters. The molecule has 0 bridgehead atoms. The molecule has 4 aliphatic rings. The molecule has 0 aliphatic heterocycles. The third kappa shape index (κ3) is 5.19. The molecule has 2 nitrogen and oxygen atoms in total. The van der Waals surface area contributed by atoms with Gasteiger partial charge in [0, 0.05) is 6.07 Å². The molecule has 0 heterocycles. The van der Waals surface area contributed by atoms with Crippen molar-refractivity contribution in [3.8, 4) is 0 Å². The molecular weight excluding hydrogens is 478 g/mol. The van der Waals surface area contributed by atoms with Gasteiger partial charge in [0.1, 0.15) is 17.7 Å². The maximum atomic E-state index is 13.6.